The summed E-state index contributed by atoms with van der Waals surface area (Å²) in [6.07, 6.45) is 3.53. The first-order valence-corrected chi connectivity index (χ1v) is 6.12. The number of hydrogen-bond donors (Lipinski definition) is 1. The molecular formula is C14H14ClFN2. The molecule has 0 aliphatic heterocycles. The molecule has 94 valence electrons. The Bertz CT molecular complexity index is 516. The second kappa shape index (κ2) is 5.94. The van der Waals surface area contributed by atoms with E-state index in [2.05, 4.69) is 17.2 Å². The van der Waals surface area contributed by atoms with E-state index in [0.717, 1.165) is 5.56 Å². The van der Waals surface area contributed by atoms with Gasteiger partial charge >= 0.3 is 0 Å². The van der Waals surface area contributed by atoms with Gasteiger partial charge in [-0.3, -0.25) is 4.98 Å². The Hall–Kier alpha value is -1.45. The molecule has 2 rings (SSSR count). The van der Waals surface area contributed by atoms with Crippen LogP contribution in [-0.2, 0) is 6.54 Å². The molecule has 18 heavy (non-hydrogen) atoms. The number of aromatic nitrogens is 1. The van der Waals surface area contributed by atoms with Crippen LogP contribution in [0.5, 0.6) is 0 Å². The topological polar surface area (TPSA) is 24.9 Å². The van der Waals surface area contributed by atoms with Gasteiger partial charge in [0.15, 0.2) is 0 Å². The molecule has 4 heteroatoms. The smallest absolute Gasteiger partial charge is 0.141 e. The zero-order valence-electron chi connectivity index (χ0n) is 10.0. The number of pyridine rings is 1. The Labute approximate surface area is 111 Å². The van der Waals surface area contributed by atoms with Crippen molar-refractivity contribution < 1.29 is 4.39 Å². The van der Waals surface area contributed by atoms with E-state index < -0.39 is 0 Å². The van der Waals surface area contributed by atoms with Crippen LogP contribution in [0.3, 0.4) is 0 Å². The van der Waals surface area contributed by atoms with E-state index in [-0.39, 0.29) is 16.9 Å². The van der Waals surface area contributed by atoms with Crippen molar-refractivity contribution in [1.29, 1.82) is 0 Å². The van der Waals surface area contributed by atoms with Gasteiger partial charge in [0.1, 0.15) is 5.82 Å². The summed E-state index contributed by atoms with van der Waals surface area (Å²) in [6, 6.07) is 8.90. The highest BCUT2D eigenvalue weighted by Gasteiger charge is 2.05. The average Bonchev–Trinajstić information content (AvgIpc) is 2.41. The lowest BCUT2D eigenvalue weighted by atomic mass is 10.1. The summed E-state index contributed by atoms with van der Waals surface area (Å²) in [6.45, 7) is 2.71. The van der Waals surface area contributed by atoms with Crippen LogP contribution < -0.4 is 5.32 Å². The summed E-state index contributed by atoms with van der Waals surface area (Å²) >= 11 is 5.74. The van der Waals surface area contributed by atoms with Crippen molar-refractivity contribution in [1.82, 2.24) is 10.3 Å². The van der Waals surface area contributed by atoms with Crippen LogP contribution in [0.2, 0.25) is 5.02 Å². The van der Waals surface area contributed by atoms with E-state index in [1.165, 1.54) is 11.6 Å². The van der Waals surface area contributed by atoms with Crippen LogP contribution in [0.15, 0.2) is 42.7 Å². The van der Waals surface area contributed by atoms with Crippen LogP contribution >= 0.6 is 11.6 Å². The summed E-state index contributed by atoms with van der Waals surface area (Å²) in [7, 11) is 0. The maximum atomic E-state index is 13.0. The maximum absolute atomic E-state index is 13.0. The number of halogens is 2. The van der Waals surface area contributed by atoms with Gasteiger partial charge in [-0.15, -0.1) is 0 Å². The van der Waals surface area contributed by atoms with Crippen LogP contribution in [0.1, 0.15) is 24.1 Å². The van der Waals surface area contributed by atoms with Gasteiger partial charge in [0.05, 0.1) is 5.02 Å². The molecule has 0 spiro atoms. The highest BCUT2D eigenvalue weighted by atomic mass is 35.5. The fourth-order valence-corrected chi connectivity index (χ4v) is 1.89. The molecule has 2 aromatic rings. The van der Waals surface area contributed by atoms with E-state index in [1.807, 2.05) is 12.1 Å². The minimum Gasteiger partial charge on any atom is -0.306 e. The molecule has 0 aliphatic rings. The van der Waals surface area contributed by atoms with Crippen LogP contribution in [-0.4, -0.2) is 4.98 Å². The maximum Gasteiger partial charge on any atom is 0.141 e. The largest absolute Gasteiger partial charge is 0.306 e. The standard InChI is InChI=1S/C14H14ClFN2/c1-10(12-4-6-17-7-5-12)18-9-11-2-3-14(16)13(15)8-11/h2-8,10,18H,9H2,1H3/t10-/m0/s1. The van der Waals surface area contributed by atoms with Gasteiger partial charge in [0, 0.05) is 25.0 Å². The van der Waals surface area contributed by atoms with Gasteiger partial charge in [-0.1, -0.05) is 17.7 Å². The monoisotopic (exact) mass is 264 g/mol. The Morgan fingerprint density at radius 3 is 2.67 bits per heavy atom. The molecule has 1 heterocycles. The zero-order valence-corrected chi connectivity index (χ0v) is 10.8. The molecule has 0 saturated carbocycles. The lowest BCUT2D eigenvalue weighted by molar-refractivity contribution is 0.572. The minimum absolute atomic E-state index is 0.158. The molecule has 0 aliphatic carbocycles. The van der Waals surface area contributed by atoms with E-state index in [4.69, 9.17) is 11.6 Å². The molecule has 2 nitrogen and oxygen atoms in total. The van der Waals surface area contributed by atoms with E-state index in [9.17, 15) is 4.39 Å². The summed E-state index contributed by atoms with van der Waals surface area (Å²) in [5.41, 5.74) is 2.13. The Kier molecular flexibility index (Phi) is 4.28. The molecule has 0 fully saturated rings. The second-order valence-electron chi connectivity index (χ2n) is 4.13. The quantitative estimate of drug-likeness (QED) is 0.910. The van der Waals surface area contributed by atoms with Crippen LogP contribution in [0.25, 0.3) is 0 Å². The molecule has 1 atom stereocenters. The first-order valence-electron chi connectivity index (χ1n) is 5.74. The van der Waals surface area contributed by atoms with Crippen molar-refractivity contribution in [2.45, 2.75) is 19.5 Å². The Morgan fingerprint density at radius 2 is 2.00 bits per heavy atom. The van der Waals surface area contributed by atoms with Crippen molar-refractivity contribution in [3.63, 3.8) is 0 Å². The van der Waals surface area contributed by atoms with Gasteiger partial charge in [-0.25, -0.2) is 4.39 Å². The highest BCUT2D eigenvalue weighted by Crippen LogP contribution is 2.17. The number of hydrogen-bond acceptors (Lipinski definition) is 2. The lowest BCUT2D eigenvalue weighted by Crippen LogP contribution is -2.18. The van der Waals surface area contributed by atoms with Crippen molar-refractivity contribution in [3.8, 4) is 0 Å². The van der Waals surface area contributed by atoms with Crippen LogP contribution in [0, 0.1) is 5.82 Å². The Morgan fingerprint density at radius 1 is 1.28 bits per heavy atom. The summed E-state index contributed by atoms with van der Waals surface area (Å²) in [5.74, 6) is -0.386. The van der Waals surface area contributed by atoms with Gasteiger partial charge < -0.3 is 5.32 Å². The first-order chi connectivity index (χ1) is 8.66. The first kappa shape index (κ1) is 13.0. The predicted molar refractivity (Wildman–Crippen MR) is 70.9 cm³/mol. The molecule has 1 aromatic carbocycles. The molecule has 0 saturated heterocycles. The van der Waals surface area contributed by atoms with E-state index in [1.54, 1.807) is 24.5 Å². The summed E-state index contributed by atoms with van der Waals surface area (Å²) < 4.78 is 13.0. The number of benzene rings is 1. The molecule has 0 unspecified atom stereocenters. The normalized spacial score (nSPS) is 12.4. The fourth-order valence-electron chi connectivity index (χ4n) is 1.69. The number of rotatable bonds is 4. The van der Waals surface area contributed by atoms with Gasteiger partial charge in [-0.05, 0) is 42.3 Å². The highest BCUT2D eigenvalue weighted by molar-refractivity contribution is 6.30. The third-order valence-electron chi connectivity index (χ3n) is 2.80. The van der Waals surface area contributed by atoms with Gasteiger partial charge in [0.25, 0.3) is 0 Å². The molecule has 1 aromatic heterocycles. The van der Waals surface area contributed by atoms with Crippen molar-refractivity contribution in [2.24, 2.45) is 0 Å². The van der Waals surface area contributed by atoms with Gasteiger partial charge in [-0.2, -0.15) is 0 Å². The molecule has 0 amide bonds. The van der Waals surface area contributed by atoms with Crippen molar-refractivity contribution >= 4 is 11.6 Å². The number of nitrogens with one attached hydrogen (secondary N) is 1. The van der Waals surface area contributed by atoms with Gasteiger partial charge in [0.2, 0.25) is 0 Å². The van der Waals surface area contributed by atoms with Crippen LogP contribution in [0.4, 0.5) is 4.39 Å². The number of nitrogens with zero attached hydrogens (tertiary/aromatic N) is 1. The molecule has 0 radical (unpaired) electrons. The second-order valence-corrected chi connectivity index (χ2v) is 4.54. The molecule has 1 N–H and O–H groups in total. The fraction of sp³-hybridized carbons (Fsp3) is 0.214. The lowest BCUT2D eigenvalue weighted by Gasteiger charge is -2.14. The van der Waals surface area contributed by atoms with E-state index in [0.29, 0.717) is 6.54 Å². The minimum atomic E-state index is -0.386. The SMILES string of the molecule is C[C@H](NCc1ccc(F)c(Cl)c1)c1ccncc1. The summed E-state index contributed by atoms with van der Waals surface area (Å²) in [4.78, 5) is 3.98. The summed E-state index contributed by atoms with van der Waals surface area (Å²) in [5, 5.41) is 3.51. The molecular weight excluding hydrogens is 251 g/mol. The zero-order chi connectivity index (χ0) is 13.0. The Balaban J connectivity index is 1.97. The predicted octanol–water partition coefficient (Wildman–Crippen LogP) is 3.72. The third-order valence-corrected chi connectivity index (χ3v) is 3.09. The molecule has 0 bridgehead atoms. The van der Waals surface area contributed by atoms with Crippen molar-refractivity contribution in [2.75, 3.05) is 0 Å². The van der Waals surface area contributed by atoms with E-state index >= 15 is 0 Å². The third kappa shape index (κ3) is 3.28. The average molecular weight is 265 g/mol. The van der Waals surface area contributed by atoms with Crippen molar-refractivity contribution in [3.05, 3.63) is 64.7 Å².